The molecule has 0 fully saturated rings. The fourth-order valence-electron chi connectivity index (χ4n) is 2.78. The summed E-state index contributed by atoms with van der Waals surface area (Å²) >= 11 is 2.07. The zero-order chi connectivity index (χ0) is 19.6. The van der Waals surface area contributed by atoms with Crippen LogP contribution in [0.4, 0.5) is 4.39 Å². The third-order valence-corrected chi connectivity index (χ3v) is 5.48. The quantitative estimate of drug-likeness (QED) is 0.230. The van der Waals surface area contributed by atoms with Crippen LogP contribution < -0.4 is 0 Å². The van der Waals surface area contributed by atoms with Crippen molar-refractivity contribution in [2.75, 3.05) is 18.1 Å². The lowest BCUT2D eigenvalue weighted by Crippen LogP contribution is -2.04. The molecular formula is C24H37FOS. The predicted molar refractivity (Wildman–Crippen MR) is 118 cm³/mol. The Morgan fingerprint density at radius 1 is 0.889 bits per heavy atom. The average Bonchev–Trinajstić information content (AvgIpc) is 2.65. The van der Waals surface area contributed by atoms with Crippen molar-refractivity contribution in [1.82, 2.24) is 0 Å². The van der Waals surface area contributed by atoms with Crippen LogP contribution in [0, 0.1) is 17.7 Å². The van der Waals surface area contributed by atoms with Crippen molar-refractivity contribution >= 4 is 11.8 Å². The van der Waals surface area contributed by atoms with Gasteiger partial charge in [0.1, 0.15) is 5.82 Å². The number of hydrogen-bond acceptors (Lipinski definition) is 2. The molecule has 0 spiro atoms. The van der Waals surface area contributed by atoms with Gasteiger partial charge in [-0.05, 0) is 56.7 Å². The van der Waals surface area contributed by atoms with Gasteiger partial charge in [-0.1, -0.05) is 62.5 Å². The van der Waals surface area contributed by atoms with Crippen LogP contribution in [0.2, 0.25) is 0 Å². The lowest BCUT2D eigenvalue weighted by molar-refractivity contribution is 0.0800. The van der Waals surface area contributed by atoms with Crippen LogP contribution >= 0.6 is 11.8 Å². The summed E-state index contributed by atoms with van der Waals surface area (Å²) in [5.41, 5.74) is 0.513. The second kappa shape index (κ2) is 17.1. The van der Waals surface area contributed by atoms with Crippen molar-refractivity contribution in [1.29, 1.82) is 0 Å². The molecule has 0 aromatic heterocycles. The van der Waals surface area contributed by atoms with Crippen molar-refractivity contribution in [2.24, 2.45) is 0 Å². The largest absolute Gasteiger partial charge is 0.379 e. The summed E-state index contributed by atoms with van der Waals surface area (Å²) in [6.07, 6.45) is 12.8. The third-order valence-electron chi connectivity index (χ3n) is 4.32. The molecule has 0 atom stereocenters. The van der Waals surface area contributed by atoms with Crippen LogP contribution in [-0.4, -0.2) is 24.2 Å². The van der Waals surface area contributed by atoms with Crippen molar-refractivity contribution in [2.45, 2.75) is 84.2 Å². The Bertz CT molecular complexity index is 533. The maximum absolute atomic E-state index is 13.4. The molecule has 0 N–H and O–H groups in total. The highest BCUT2D eigenvalue weighted by molar-refractivity contribution is 7.99. The Morgan fingerprint density at radius 3 is 2.22 bits per heavy atom. The number of ether oxygens (including phenoxy) is 1. The zero-order valence-corrected chi connectivity index (χ0v) is 18.1. The van der Waals surface area contributed by atoms with Crippen molar-refractivity contribution in [3.63, 3.8) is 0 Å². The van der Waals surface area contributed by atoms with E-state index in [4.69, 9.17) is 4.74 Å². The third kappa shape index (κ3) is 14.7. The summed E-state index contributed by atoms with van der Waals surface area (Å²) in [5, 5.41) is 0. The molecule has 152 valence electrons. The standard InChI is InChI=1S/C24H37FOS/c1-22(2)26-19-15-21-27-20-14-10-8-6-4-3-5-7-9-11-16-23-17-12-13-18-24(23)25/h12-13,17-18,22H,3-10,14-15,19-21H2,1-2H3. The first-order valence-corrected chi connectivity index (χ1v) is 11.8. The molecule has 0 aliphatic heterocycles. The topological polar surface area (TPSA) is 9.23 Å². The van der Waals surface area contributed by atoms with Crippen LogP contribution in [0.5, 0.6) is 0 Å². The molecule has 0 saturated heterocycles. The fraction of sp³-hybridized carbons (Fsp3) is 0.667. The maximum Gasteiger partial charge on any atom is 0.138 e. The number of hydrogen-bond donors (Lipinski definition) is 0. The van der Waals surface area contributed by atoms with E-state index in [1.165, 1.54) is 68.9 Å². The first-order valence-electron chi connectivity index (χ1n) is 10.6. The molecule has 1 rings (SSSR count). The van der Waals surface area contributed by atoms with E-state index in [1.54, 1.807) is 12.1 Å². The van der Waals surface area contributed by atoms with E-state index >= 15 is 0 Å². The Labute approximate surface area is 170 Å². The lowest BCUT2D eigenvalue weighted by Gasteiger charge is -2.06. The van der Waals surface area contributed by atoms with Gasteiger partial charge < -0.3 is 4.74 Å². The SMILES string of the molecule is CC(C)OCCCSCCCCCCCCCCC#Cc1ccccc1F. The van der Waals surface area contributed by atoms with E-state index in [2.05, 4.69) is 37.5 Å². The normalized spacial score (nSPS) is 10.8. The number of halogens is 1. The number of rotatable bonds is 15. The van der Waals surface area contributed by atoms with Gasteiger partial charge in [-0.15, -0.1) is 0 Å². The van der Waals surface area contributed by atoms with E-state index in [0.29, 0.717) is 11.7 Å². The number of thioether (sulfide) groups is 1. The summed E-state index contributed by atoms with van der Waals surface area (Å²) in [6.45, 7) is 5.09. The van der Waals surface area contributed by atoms with Gasteiger partial charge in [-0.3, -0.25) is 0 Å². The molecule has 0 amide bonds. The Morgan fingerprint density at radius 2 is 1.52 bits per heavy atom. The molecular weight excluding hydrogens is 355 g/mol. The highest BCUT2D eigenvalue weighted by atomic mass is 32.2. The summed E-state index contributed by atoms with van der Waals surface area (Å²) < 4.78 is 18.9. The smallest absolute Gasteiger partial charge is 0.138 e. The summed E-state index contributed by atoms with van der Waals surface area (Å²) in [6, 6.07) is 6.73. The monoisotopic (exact) mass is 392 g/mol. The van der Waals surface area contributed by atoms with Crippen LogP contribution in [0.25, 0.3) is 0 Å². The van der Waals surface area contributed by atoms with Gasteiger partial charge in [0.2, 0.25) is 0 Å². The van der Waals surface area contributed by atoms with Crippen molar-refractivity contribution in [3.05, 3.63) is 35.6 Å². The van der Waals surface area contributed by atoms with Crippen molar-refractivity contribution < 1.29 is 9.13 Å². The van der Waals surface area contributed by atoms with Crippen LogP contribution in [0.15, 0.2) is 24.3 Å². The maximum atomic E-state index is 13.4. The van der Waals surface area contributed by atoms with Crippen LogP contribution in [0.1, 0.15) is 83.6 Å². The summed E-state index contributed by atoms with van der Waals surface area (Å²) in [5.74, 6) is 8.33. The molecule has 1 nitrogen and oxygen atoms in total. The second-order valence-electron chi connectivity index (χ2n) is 7.25. The molecule has 0 bridgehead atoms. The molecule has 1 aromatic carbocycles. The minimum Gasteiger partial charge on any atom is -0.379 e. The highest BCUT2D eigenvalue weighted by Crippen LogP contribution is 2.12. The Kier molecular flexibility index (Phi) is 15.3. The summed E-state index contributed by atoms with van der Waals surface area (Å²) in [4.78, 5) is 0. The van der Waals surface area contributed by atoms with Crippen LogP contribution in [0.3, 0.4) is 0 Å². The van der Waals surface area contributed by atoms with E-state index in [0.717, 1.165) is 19.4 Å². The minimum absolute atomic E-state index is 0.219. The minimum atomic E-state index is -0.219. The Balaban J connectivity index is 1.80. The van der Waals surface area contributed by atoms with Gasteiger partial charge in [-0.25, -0.2) is 4.39 Å². The first kappa shape index (κ1) is 24.1. The zero-order valence-electron chi connectivity index (χ0n) is 17.3. The van der Waals surface area contributed by atoms with Gasteiger partial charge in [-0.2, -0.15) is 11.8 Å². The first-order chi connectivity index (χ1) is 13.2. The van der Waals surface area contributed by atoms with Gasteiger partial charge >= 0.3 is 0 Å². The molecule has 0 aliphatic rings. The molecule has 1 aromatic rings. The molecule has 3 heteroatoms. The number of unbranched alkanes of at least 4 members (excludes halogenated alkanes) is 8. The van der Waals surface area contributed by atoms with E-state index in [1.807, 2.05) is 6.07 Å². The molecule has 0 saturated carbocycles. The second-order valence-corrected chi connectivity index (χ2v) is 8.47. The average molecular weight is 393 g/mol. The predicted octanol–water partition coefficient (Wildman–Crippen LogP) is 7.24. The van der Waals surface area contributed by atoms with E-state index in [9.17, 15) is 4.39 Å². The van der Waals surface area contributed by atoms with E-state index < -0.39 is 0 Å². The molecule has 0 heterocycles. The van der Waals surface area contributed by atoms with Crippen LogP contribution in [-0.2, 0) is 4.74 Å². The lowest BCUT2D eigenvalue weighted by atomic mass is 10.1. The van der Waals surface area contributed by atoms with Crippen molar-refractivity contribution in [3.8, 4) is 11.8 Å². The van der Waals surface area contributed by atoms with Gasteiger partial charge in [0.25, 0.3) is 0 Å². The number of benzene rings is 1. The molecule has 0 unspecified atom stereocenters. The van der Waals surface area contributed by atoms with Gasteiger partial charge in [0.15, 0.2) is 0 Å². The van der Waals surface area contributed by atoms with Gasteiger partial charge in [0, 0.05) is 13.0 Å². The Hall–Kier alpha value is -0.980. The molecule has 0 aliphatic carbocycles. The molecule has 0 radical (unpaired) electrons. The highest BCUT2D eigenvalue weighted by Gasteiger charge is 1.96. The fourth-order valence-corrected chi connectivity index (χ4v) is 3.71. The van der Waals surface area contributed by atoms with E-state index in [-0.39, 0.29) is 5.82 Å². The molecule has 27 heavy (non-hydrogen) atoms. The summed E-state index contributed by atoms with van der Waals surface area (Å²) in [7, 11) is 0. The van der Waals surface area contributed by atoms with Gasteiger partial charge in [0.05, 0.1) is 11.7 Å².